The maximum absolute atomic E-state index is 13.2. The van der Waals surface area contributed by atoms with Gasteiger partial charge in [0.15, 0.2) is 0 Å². The summed E-state index contributed by atoms with van der Waals surface area (Å²) in [7, 11) is 1.56. The Bertz CT molecular complexity index is 495. The van der Waals surface area contributed by atoms with Crippen LogP contribution in [0, 0.1) is 5.82 Å². The second-order valence-corrected chi connectivity index (χ2v) is 3.99. The molecule has 3 N–H and O–H groups in total. The van der Waals surface area contributed by atoms with Gasteiger partial charge in [-0.3, -0.25) is 0 Å². The van der Waals surface area contributed by atoms with Crippen molar-refractivity contribution in [3.8, 4) is 0 Å². The number of benzene rings is 1. The molecule has 0 radical (unpaired) electrons. The van der Waals surface area contributed by atoms with E-state index < -0.39 is 23.4 Å². The van der Waals surface area contributed by atoms with E-state index in [1.807, 2.05) is 0 Å². The van der Waals surface area contributed by atoms with Crippen LogP contribution in [-0.4, -0.2) is 50.6 Å². The number of halogens is 1. The number of carboxylic acids is 1. The Kier molecular flexibility index (Phi) is 7.13. The molecule has 1 aromatic rings. The predicted molar refractivity (Wildman–Crippen MR) is 73.1 cm³/mol. The van der Waals surface area contributed by atoms with E-state index in [2.05, 4.69) is 10.6 Å². The van der Waals surface area contributed by atoms with Gasteiger partial charge in [0.2, 0.25) is 0 Å². The number of nitrogens with one attached hydrogen (secondary N) is 2. The van der Waals surface area contributed by atoms with Crippen LogP contribution < -0.4 is 10.6 Å². The molecule has 21 heavy (non-hydrogen) atoms. The van der Waals surface area contributed by atoms with Gasteiger partial charge in [-0.15, -0.1) is 0 Å². The fourth-order valence-electron chi connectivity index (χ4n) is 1.42. The van der Waals surface area contributed by atoms with Gasteiger partial charge >= 0.3 is 12.0 Å². The SMILES string of the molecule is COCCOCCNC(=O)Nc1ccc(F)c(C(=O)O)c1. The Morgan fingerprint density at radius 1 is 1.29 bits per heavy atom. The van der Waals surface area contributed by atoms with E-state index in [1.54, 1.807) is 7.11 Å². The van der Waals surface area contributed by atoms with Crippen molar-refractivity contribution in [2.75, 3.05) is 38.8 Å². The molecule has 0 aliphatic heterocycles. The van der Waals surface area contributed by atoms with Crippen molar-refractivity contribution in [1.82, 2.24) is 5.32 Å². The molecule has 0 spiro atoms. The Hall–Kier alpha value is -2.19. The van der Waals surface area contributed by atoms with Gasteiger partial charge in [0.25, 0.3) is 0 Å². The summed E-state index contributed by atoms with van der Waals surface area (Å²) in [6.45, 7) is 1.50. The fraction of sp³-hybridized carbons (Fsp3) is 0.385. The lowest BCUT2D eigenvalue weighted by molar-refractivity contribution is 0.0692. The second kappa shape index (κ2) is 8.88. The Morgan fingerprint density at radius 2 is 2.05 bits per heavy atom. The van der Waals surface area contributed by atoms with Gasteiger partial charge < -0.3 is 25.2 Å². The van der Waals surface area contributed by atoms with Gasteiger partial charge in [0.1, 0.15) is 5.82 Å². The van der Waals surface area contributed by atoms with Gasteiger partial charge in [0.05, 0.1) is 25.4 Å². The first-order valence-electron chi connectivity index (χ1n) is 6.19. The number of rotatable bonds is 8. The smallest absolute Gasteiger partial charge is 0.338 e. The second-order valence-electron chi connectivity index (χ2n) is 3.99. The number of amides is 2. The van der Waals surface area contributed by atoms with E-state index in [9.17, 15) is 14.0 Å². The van der Waals surface area contributed by atoms with Crippen molar-refractivity contribution in [1.29, 1.82) is 0 Å². The summed E-state index contributed by atoms with van der Waals surface area (Å²) in [6.07, 6.45) is 0. The molecular formula is C13H17FN2O5. The molecular weight excluding hydrogens is 283 g/mol. The highest BCUT2D eigenvalue weighted by molar-refractivity contribution is 5.93. The van der Waals surface area contributed by atoms with Crippen molar-refractivity contribution >= 4 is 17.7 Å². The molecule has 2 amide bonds. The van der Waals surface area contributed by atoms with Crippen LogP contribution in [0.2, 0.25) is 0 Å². The molecule has 0 bridgehead atoms. The van der Waals surface area contributed by atoms with E-state index in [1.165, 1.54) is 6.07 Å². The topological polar surface area (TPSA) is 96.9 Å². The number of hydrogen-bond acceptors (Lipinski definition) is 4. The Morgan fingerprint density at radius 3 is 2.71 bits per heavy atom. The minimum absolute atomic E-state index is 0.187. The third kappa shape index (κ3) is 6.19. The summed E-state index contributed by atoms with van der Waals surface area (Å²) in [6, 6.07) is 2.77. The summed E-state index contributed by atoms with van der Waals surface area (Å²) in [5.41, 5.74) is -0.317. The van der Waals surface area contributed by atoms with Crippen LogP contribution in [0.15, 0.2) is 18.2 Å². The molecule has 1 aromatic carbocycles. The molecule has 1 rings (SSSR count). The van der Waals surface area contributed by atoms with Crippen molar-refractivity contribution in [2.24, 2.45) is 0 Å². The van der Waals surface area contributed by atoms with Crippen molar-refractivity contribution in [3.05, 3.63) is 29.6 Å². The van der Waals surface area contributed by atoms with Gasteiger partial charge in [-0.2, -0.15) is 0 Å². The molecule has 0 atom stereocenters. The van der Waals surface area contributed by atoms with Crippen LogP contribution in [0.5, 0.6) is 0 Å². The number of anilines is 1. The normalized spacial score (nSPS) is 10.2. The molecule has 0 unspecified atom stereocenters. The van der Waals surface area contributed by atoms with Crippen LogP contribution in [0.3, 0.4) is 0 Å². The van der Waals surface area contributed by atoms with Crippen molar-refractivity contribution < 1.29 is 28.6 Å². The number of carboxylic acid groups (broad SMARTS) is 1. The molecule has 0 aliphatic carbocycles. The van der Waals surface area contributed by atoms with Crippen LogP contribution >= 0.6 is 0 Å². The van der Waals surface area contributed by atoms with E-state index in [0.29, 0.717) is 19.8 Å². The summed E-state index contributed by atoms with van der Waals surface area (Å²) in [5, 5.41) is 13.7. The highest BCUT2D eigenvalue weighted by atomic mass is 19.1. The number of methoxy groups -OCH3 is 1. The minimum atomic E-state index is -1.40. The number of hydrogen-bond donors (Lipinski definition) is 3. The Balaban J connectivity index is 2.38. The van der Waals surface area contributed by atoms with Crippen molar-refractivity contribution in [2.45, 2.75) is 0 Å². The molecule has 8 heteroatoms. The largest absolute Gasteiger partial charge is 0.478 e. The quantitative estimate of drug-likeness (QED) is 0.629. The third-order valence-corrected chi connectivity index (χ3v) is 2.42. The summed E-state index contributed by atoms with van der Waals surface area (Å²) in [4.78, 5) is 22.3. The van der Waals surface area contributed by atoms with E-state index in [4.69, 9.17) is 14.6 Å². The molecule has 0 aliphatic rings. The Labute approximate surface area is 121 Å². The van der Waals surface area contributed by atoms with E-state index >= 15 is 0 Å². The van der Waals surface area contributed by atoms with Crippen LogP contribution in [0.25, 0.3) is 0 Å². The van der Waals surface area contributed by atoms with Crippen LogP contribution in [0.1, 0.15) is 10.4 Å². The molecule has 116 valence electrons. The first-order valence-corrected chi connectivity index (χ1v) is 6.19. The maximum Gasteiger partial charge on any atom is 0.338 e. The molecule has 0 saturated heterocycles. The highest BCUT2D eigenvalue weighted by Crippen LogP contribution is 2.14. The third-order valence-electron chi connectivity index (χ3n) is 2.42. The number of aromatic carboxylic acids is 1. The van der Waals surface area contributed by atoms with Gasteiger partial charge in [-0.25, -0.2) is 14.0 Å². The van der Waals surface area contributed by atoms with Crippen LogP contribution in [0.4, 0.5) is 14.9 Å². The number of carbonyl (C=O) groups is 2. The summed E-state index contributed by atoms with van der Waals surface area (Å²) < 4.78 is 23.1. The lowest BCUT2D eigenvalue weighted by Crippen LogP contribution is -2.31. The fourth-order valence-corrected chi connectivity index (χ4v) is 1.42. The minimum Gasteiger partial charge on any atom is -0.478 e. The number of carbonyl (C=O) groups excluding carboxylic acids is 1. The number of ether oxygens (including phenoxy) is 2. The molecule has 0 aromatic heterocycles. The van der Waals surface area contributed by atoms with Gasteiger partial charge in [0, 0.05) is 19.3 Å². The zero-order valence-electron chi connectivity index (χ0n) is 11.5. The van der Waals surface area contributed by atoms with E-state index in [-0.39, 0.29) is 12.2 Å². The summed E-state index contributed by atoms with van der Waals surface area (Å²) >= 11 is 0. The maximum atomic E-state index is 13.2. The average Bonchev–Trinajstić information content (AvgIpc) is 2.44. The zero-order valence-corrected chi connectivity index (χ0v) is 11.5. The summed E-state index contributed by atoms with van der Waals surface area (Å²) in [5.74, 6) is -2.26. The molecule has 0 saturated carbocycles. The number of urea groups is 1. The lowest BCUT2D eigenvalue weighted by Gasteiger charge is -2.09. The van der Waals surface area contributed by atoms with Crippen molar-refractivity contribution in [3.63, 3.8) is 0 Å². The monoisotopic (exact) mass is 300 g/mol. The molecule has 0 fully saturated rings. The van der Waals surface area contributed by atoms with Gasteiger partial charge in [-0.1, -0.05) is 0 Å². The first kappa shape index (κ1) is 16.9. The average molecular weight is 300 g/mol. The predicted octanol–water partition coefficient (Wildman–Crippen LogP) is 1.31. The molecule has 7 nitrogen and oxygen atoms in total. The highest BCUT2D eigenvalue weighted by Gasteiger charge is 2.11. The first-order chi connectivity index (χ1) is 10.0. The molecule has 0 heterocycles. The van der Waals surface area contributed by atoms with Gasteiger partial charge in [-0.05, 0) is 18.2 Å². The van der Waals surface area contributed by atoms with E-state index in [0.717, 1.165) is 12.1 Å². The standard InChI is InChI=1S/C13H17FN2O5/c1-20-6-7-21-5-4-15-13(19)16-9-2-3-11(14)10(8-9)12(17)18/h2-3,8H,4-7H2,1H3,(H,17,18)(H2,15,16,19). The lowest BCUT2D eigenvalue weighted by atomic mass is 10.2. The van der Waals surface area contributed by atoms with Crippen LogP contribution in [-0.2, 0) is 9.47 Å². The zero-order chi connectivity index (χ0) is 15.7.